The standard InChI is InChI=1S/C3H2F6O2.C3F6O.H2O/c4-2(5,6)1(10,11)3(7,8)9;4-2(5,6)1(10)3(7,8)9;/h10-11H;;1H2. The Morgan fingerprint density at radius 3 is 0.773 bits per heavy atom. The second-order valence-corrected chi connectivity index (χ2v) is 2.99. The summed E-state index contributed by atoms with van der Waals surface area (Å²) in [5.41, 5.74) is 0. The fourth-order valence-corrected chi connectivity index (χ4v) is 0.321. The van der Waals surface area contributed by atoms with Gasteiger partial charge >= 0.3 is 36.3 Å². The molecule has 0 aliphatic rings. The smallest absolute Gasteiger partial charge is 0.412 e. The van der Waals surface area contributed by atoms with Crippen molar-refractivity contribution in [1.29, 1.82) is 0 Å². The lowest BCUT2D eigenvalue weighted by atomic mass is 10.3. The zero-order valence-electron chi connectivity index (χ0n) is 9.34. The molecule has 4 nitrogen and oxygen atoms in total. The van der Waals surface area contributed by atoms with E-state index >= 15 is 0 Å². The average Bonchev–Trinajstić information content (AvgIpc) is 2.11. The van der Waals surface area contributed by atoms with Gasteiger partial charge in [0, 0.05) is 0 Å². The van der Waals surface area contributed by atoms with E-state index in [2.05, 4.69) is 0 Å². The van der Waals surface area contributed by atoms with Crippen molar-refractivity contribution in [2.24, 2.45) is 0 Å². The molecule has 0 aliphatic heterocycles. The Morgan fingerprint density at radius 2 is 0.773 bits per heavy atom. The Bertz CT molecular complexity index is 326. The molecule has 0 fully saturated rings. The molecule has 0 saturated heterocycles. The third-order valence-corrected chi connectivity index (χ3v) is 1.31. The lowest BCUT2D eigenvalue weighted by molar-refractivity contribution is -0.445. The highest BCUT2D eigenvalue weighted by Gasteiger charge is 2.70. The molecular formula is C6H4F12O4. The predicted octanol–water partition coefficient (Wildman–Crippen LogP) is 1.65. The topological polar surface area (TPSA) is 89.0 Å². The van der Waals surface area contributed by atoms with E-state index in [4.69, 9.17) is 10.2 Å². The molecule has 0 heterocycles. The Labute approximate surface area is 111 Å². The first-order chi connectivity index (χ1) is 8.65. The number of ketones is 1. The van der Waals surface area contributed by atoms with Crippen LogP contribution in [0.25, 0.3) is 0 Å². The first kappa shape index (κ1) is 25.7. The summed E-state index contributed by atoms with van der Waals surface area (Å²) in [4.78, 5) is 9.24. The number of Topliss-reactive ketones (excluding diaryl/α,β-unsaturated/α-hetero) is 1. The molecule has 136 valence electrons. The van der Waals surface area contributed by atoms with Gasteiger partial charge in [-0.15, -0.1) is 0 Å². The minimum Gasteiger partial charge on any atom is -0.412 e. The molecule has 0 rings (SSSR count). The first-order valence-corrected chi connectivity index (χ1v) is 3.92. The summed E-state index contributed by atoms with van der Waals surface area (Å²) in [6.45, 7) is 0. The first-order valence-electron chi connectivity index (χ1n) is 3.92. The summed E-state index contributed by atoms with van der Waals surface area (Å²) in [6, 6.07) is 0. The lowest BCUT2D eigenvalue weighted by Crippen LogP contribution is -2.56. The summed E-state index contributed by atoms with van der Waals surface area (Å²) < 4.78 is 132. The van der Waals surface area contributed by atoms with Crippen LogP contribution in [0, 0.1) is 0 Å². The van der Waals surface area contributed by atoms with E-state index in [0.29, 0.717) is 0 Å². The molecule has 4 N–H and O–H groups in total. The van der Waals surface area contributed by atoms with Crippen LogP contribution >= 0.6 is 0 Å². The van der Waals surface area contributed by atoms with Gasteiger partial charge in [-0.3, -0.25) is 4.79 Å². The van der Waals surface area contributed by atoms with E-state index in [0.717, 1.165) is 0 Å². The predicted molar refractivity (Wildman–Crippen MR) is 40.0 cm³/mol. The van der Waals surface area contributed by atoms with E-state index in [1.807, 2.05) is 0 Å². The number of rotatable bonds is 0. The largest absolute Gasteiger partial charge is 0.459 e. The van der Waals surface area contributed by atoms with E-state index in [-0.39, 0.29) is 5.48 Å². The van der Waals surface area contributed by atoms with Crippen molar-refractivity contribution in [3.05, 3.63) is 0 Å². The van der Waals surface area contributed by atoms with Crippen LogP contribution < -0.4 is 0 Å². The summed E-state index contributed by atoms with van der Waals surface area (Å²) >= 11 is 0. The molecule has 0 aromatic heterocycles. The van der Waals surface area contributed by atoms with Gasteiger partial charge in [-0.2, -0.15) is 52.7 Å². The van der Waals surface area contributed by atoms with Crippen LogP contribution in [0.15, 0.2) is 0 Å². The molecule has 0 atom stereocenters. The highest BCUT2D eigenvalue weighted by molar-refractivity contribution is 5.89. The van der Waals surface area contributed by atoms with Gasteiger partial charge in [-0.1, -0.05) is 0 Å². The second kappa shape index (κ2) is 6.86. The van der Waals surface area contributed by atoms with Crippen molar-refractivity contribution in [2.45, 2.75) is 30.5 Å². The molecule has 0 spiro atoms. The summed E-state index contributed by atoms with van der Waals surface area (Å²) in [5, 5.41) is 15.0. The van der Waals surface area contributed by atoms with Gasteiger partial charge in [0.25, 0.3) is 0 Å². The fraction of sp³-hybridized carbons (Fsp3) is 0.833. The maximum atomic E-state index is 11.1. The third-order valence-electron chi connectivity index (χ3n) is 1.31. The van der Waals surface area contributed by atoms with Crippen LogP contribution in [0.2, 0.25) is 0 Å². The monoisotopic (exact) mass is 368 g/mol. The quantitative estimate of drug-likeness (QED) is 0.503. The van der Waals surface area contributed by atoms with E-state index < -0.39 is 36.3 Å². The van der Waals surface area contributed by atoms with Gasteiger partial charge < -0.3 is 15.7 Å². The highest BCUT2D eigenvalue weighted by Crippen LogP contribution is 2.40. The number of alkyl halides is 12. The van der Waals surface area contributed by atoms with Gasteiger partial charge in [0.05, 0.1) is 0 Å². The molecule has 16 heteroatoms. The number of hydrogen-bond donors (Lipinski definition) is 2. The van der Waals surface area contributed by atoms with Crippen molar-refractivity contribution in [3.63, 3.8) is 0 Å². The summed E-state index contributed by atoms with van der Waals surface area (Å²) in [6.07, 6.45) is -23.9. The van der Waals surface area contributed by atoms with Crippen molar-refractivity contribution in [1.82, 2.24) is 0 Å². The van der Waals surface area contributed by atoms with Gasteiger partial charge in [0.1, 0.15) is 0 Å². The second-order valence-electron chi connectivity index (χ2n) is 2.99. The normalized spacial score (nSPS) is 13.7. The van der Waals surface area contributed by atoms with Crippen molar-refractivity contribution >= 4 is 5.78 Å². The van der Waals surface area contributed by atoms with Crippen molar-refractivity contribution < 1.29 is 73.2 Å². The van der Waals surface area contributed by atoms with E-state index in [9.17, 15) is 57.5 Å². The molecule has 0 radical (unpaired) electrons. The minimum atomic E-state index is -6.13. The highest BCUT2D eigenvalue weighted by atomic mass is 19.4. The van der Waals surface area contributed by atoms with E-state index in [1.165, 1.54) is 0 Å². The molecule has 22 heavy (non-hydrogen) atoms. The Balaban J connectivity index is -0.000000315. The molecule has 0 saturated carbocycles. The van der Waals surface area contributed by atoms with Crippen LogP contribution in [0.4, 0.5) is 52.7 Å². The molecule has 0 aliphatic carbocycles. The third kappa shape index (κ3) is 7.12. The van der Waals surface area contributed by atoms with Crippen LogP contribution in [0.1, 0.15) is 0 Å². The number of carbonyl (C=O) groups excluding carboxylic acids is 1. The minimum absolute atomic E-state index is 0. The Kier molecular flexibility index (Phi) is 8.00. The lowest BCUT2D eigenvalue weighted by Gasteiger charge is -2.26. The van der Waals surface area contributed by atoms with Gasteiger partial charge in [-0.25, -0.2) is 0 Å². The molecule has 0 aromatic carbocycles. The van der Waals surface area contributed by atoms with Gasteiger partial charge in [0.15, 0.2) is 0 Å². The number of halogens is 12. The summed E-state index contributed by atoms with van der Waals surface area (Å²) in [7, 11) is 0. The summed E-state index contributed by atoms with van der Waals surface area (Å²) in [5.74, 6) is -9.31. The SMILES string of the molecule is O.O=C(C(F)(F)F)C(F)(F)F.OC(O)(C(F)(F)F)C(F)(F)F. The fourth-order valence-electron chi connectivity index (χ4n) is 0.321. The maximum absolute atomic E-state index is 11.1. The molecule has 0 unspecified atom stereocenters. The molecular weight excluding hydrogens is 364 g/mol. The molecule has 0 aromatic rings. The number of carbonyl (C=O) groups is 1. The van der Waals surface area contributed by atoms with Crippen molar-refractivity contribution in [2.75, 3.05) is 0 Å². The Hall–Kier alpha value is -1.29. The molecule has 0 bridgehead atoms. The zero-order valence-corrected chi connectivity index (χ0v) is 9.34. The Morgan fingerprint density at radius 1 is 0.591 bits per heavy atom. The number of aliphatic hydroxyl groups is 2. The average molecular weight is 368 g/mol. The van der Waals surface area contributed by atoms with Gasteiger partial charge in [0.2, 0.25) is 0 Å². The van der Waals surface area contributed by atoms with Crippen LogP contribution in [0.3, 0.4) is 0 Å². The molecule has 0 amide bonds. The number of hydrogen-bond acceptors (Lipinski definition) is 3. The van der Waals surface area contributed by atoms with Crippen molar-refractivity contribution in [3.8, 4) is 0 Å². The van der Waals surface area contributed by atoms with Crippen LogP contribution in [-0.4, -0.2) is 52.0 Å². The van der Waals surface area contributed by atoms with Crippen LogP contribution in [0.5, 0.6) is 0 Å². The van der Waals surface area contributed by atoms with Gasteiger partial charge in [-0.05, 0) is 0 Å². The maximum Gasteiger partial charge on any atom is 0.459 e. The zero-order chi connectivity index (χ0) is 18.1. The van der Waals surface area contributed by atoms with Crippen LogP contribution in [-0.2, 0) is 4.79 Å². The van der Waals surface area contributed by atoms with E-state index in [1.54, 1.807) is 0 Å².